The first kappa shape index (κ1) is 9.84. The van der Waals surface area contributed by atoms with Gasteiger partial charge < -0.3 is 0 Å². The number of hydrogen-bond donors (Lipinski definition) is 0. The summed E-state index contributed by atoms with van der Waals surface area (Å²) in [4.78, 5) is 0. The van der Waals surface area contributed by atoms with E-state index in [1.54, 1.807) is 0 Å². The second-order valence-corrected chi connectivity index (χ2v) is 4.78. The monoisotopic (exact) mass is 220 g/mol. The van der Waals surface area contributed by atoms with Gasteiger partial charge in [-0.15, -0.1) is 0 Å². The molecule has 12 heavy (non-hydrogen) atoms. The topological polar surface area (TPSA) is 86.7 Å². The Morgan fingerprint density at radius 1 is 1.50 bits per heavy atom. The zero-order chi connectivity index (χ0) is 9.41. The van der Waals surface area contributed by atoms with E-state index in [0.29, 0.717) is 0 Å². The van der Waals surface area contributed by atoms with Crippen molar-refractivity contribution in [3.8, 4) is 0 Å². The molecule has 1 aliphatic rings. The molecule has 0 aromatic heterocycles. The second kappa shape index (κ2) is 2.91. The second-order valence-electron chi connectivity index (χ2n) is 2.12. The van der Waals surface area contributed by atoms with Gasteiger partial charge in [0.25, 0.3) is 10.1 Å². The summed E-state index contributed by atoms with van der Waals surface area (Å²) >= 11 is 0. The molecule has 1 rings (SSSR count). The van der Waals surface area contributed by atoms with Crippen molar-refractivity contribution in [2.45, 2.75) is 6.10 Å². The molecule has 0 aromatic carbocycles. The molecule has 1 unspecified atom stereocenters. The molecular formula is C3H5FO6S2. The Morgan fingerprint density at radius 2 is 2.08 bits per heavy atom. The van der Waals surface area contributed by atoms with Gasteiger partial charge >= 0.3 is 10.5 Å². The number of rotatable bonds is 2. The first-order valence-corrected chi connectivity index (χ1v) is 5.67. The summed E-state index contributed by atoms with van der Waals surface area (Å²) in [7, 11) is -8.83. The maximum atomic E-state index is 11.8. The van der Waals surface area contributed by atoms with E-state index in [9.17, 15) is 20.7 Å². The molecule has 1 heterocycles. The highest BCUT2D eigenvalue weighted by molar-refractivity contribution is 7.87. The third-order valence-electron chi connectivity index (χ3n) is 1.07. The summed E-state index contributed by atoms with van der Waals surface area (Å²) in [5.41, 5.74) is 0. The Morgan fingerprint density at radius 3 is 2.42 bits per heavy atom. The molecule has 1 aliphatic heterocycles. The Kier molecular flexibility index (Phi) is 2.38. The maximum Gasteiger partial charge on any atom is 0.437 e. The van der Waals surface area contributed by atoms with Gasteiger partial charge in [0.1, 0.15) is 11.9 Å². The maximum absolute atomic E-state index is 11.8. The lowest BCUT2D eigenvalue weighted by Crippen LogP contribution is -2.19. The van der Waals surface area contributed by atoms with E-state index in [2.05, 4.69) is 8.37 Å². The summed E-state index contributed by atoms with van der Waals surface area (Å²) in [6.45, 7) is -0.467. The van der Waals surface area contributed by atoms with E-state index < -0.39 is 39.1 Å². The standard InChI is InChI=1S/C3H5FO6S2/c4-12(7,8)10-3-1-9-11(5,6)2-3/h3H,1-2H2. The average Bonchev–Trinajstić information content (AvgIpc) is 2.05. The fourth-order valence-corrected chi connectivity index (χ4v) is 2.33. The number of hydrogen-bond acceptors (Lipinski definition) is 6. The van der Waals surface area contributed by atoms with Crippen LogP contribution >= 0.6 is 0 Å². The molecule has 6 nitrogen and oxygen atoms in total. The molecule has 0 saturated carbocycles. The molecule has 0 radical (unpaired) electrons. The highest BCUT2D eigenvalue weighted by atomic mass is 32.3. The zero-order valence-electron chi connectivity index (χ0n) is 5.64. The SMILES string of the molecule is O=S(=O)(F)OC1COS(=O)(=O)C1. The normalized spacial score (nSPS) is 28.9. The van der Waals surface area contributed by atoms with Crippen LogP contribution in [0.1, 0.15) is 0 Å². The van der Waals surface area contributed by atoms with Crippen molar-refractivity contribution in [1.82, 2.24) is 0 Å². The molecule has 1 saturated heterocycles. The summed E-state index contributed by atoms with van der Waals surface area (Å²) < 4.78 is 60.4. The van der Waals surface area contributed by atoms with Gasteiger partial charge in [0.2, 0.25) is 0 Å². The fourth-order valence-electron chi connectivity index (χ4n) is 0.722. The average molecular weight is 220 g/mol. The van der Waals surface area contributed by atoms with Crippen LogP contribution in [-0.2, 0) is 29.0 Å². The van der Waals surface area contributed by atoms with E-state index in [0.717, 1.165) is 0 Å². The van der Waals surface area contributed by atoms with Crippen LogP contribution in [0.4, 0.5) is 3.89 Å². The van der Waals surface area contributed by atoms with Crippen molar-refractivity contribution < 1.29 is 29.1 Å². The lowest BCUT2D eigenvalue weighted by Gasteiger charge is -2.00. The number of halogens is 1. The van der Waals surface area contributed by atoms with Crippen molar-refractivity contribution in [2.24, 2.45) is 0 Å². The summed E-state index contributed by atoms with van der Waals surface area (Å²) in [6, 6.07) is 0. The van der Waals surface area contributed by atoms with Crippen molar-refractivity contribution in [3.63, 3.8) is 0 Å². The van der Waals surface area contributed by atoms with Gasteiger partial charge in [-0.25, -0.2) is 4.18 Å². The quantitative estimate of drug-likeness (QED) is 0.435. The van der Waals surface area contributed by atoms with E-state index in [-0.39, 0.29) is 0 Å². The first-order valence-electron chi connectivity index (χ1n) is 2.78. The van der Waals surface area contributed by atoms with Crippen LogP contribution in [0.3, 0.4) is 0 Å². The van der Waals surface area contributed by atoms with E-state index in [4.69, 9.17) is 0 Å². The molecular weight excluding hydrogens is 215 g/mol. The molecule has 72 valence electrons. The van der Waals surface area contributed by atoms with Crippen LogP contribution in [0.15, 0.2) is 0 Å². The Balaban J connectivity index is 2.61. The summed E-state index contributed by atoms with van der Waals surface area (Å²) in [6.07, 6.45) is -1.27. The van der Waals surface area contributed by atoms with Crippen LogP contribution in [0.25, 0.3) is 0 Å². The molecule has 0 aromatic rings. The van der Waals surface area contributed by atoms with Gasteiger partial charge in [0, 0.05) is 0 Å². The van der Waals surface area contributed by atoms with Gasteiger partial charge in [0.15, 0.2) is 0 Å². The summed E-state index contributed by atoms with van der Waals surface area (Å²) in [5.74, 6) is -0.643. The highest BCUT2D eigenvalue weighted by Crippen LogP contribution is 2.14. The Hall–Kier alpha value is -0.250. The van der Waals surface area contributed by atoms with Crippen LogP contribution in [0.2, 0.25) is 0 Å². The molecule has 0 N–H and O–H groups in total. The molecule has 9 heteroatoms. The minimum absolute atomic E-state index is 0.467. The Labute approximate surface area is 68.8 Å². The third kappa shape index (κ3) is 3.01. The molecule has 0 amide bonds. The minimum Gasteiger partial charge on any atom is -0.267 e. The predicted octanol–water partition coefficient (Wildman–Crippen LogP) is -1.05. The van der Waals surface area contributed by atoms with Gasteiger partial charge in [-0.05, 0) is 0 Å². The lowest BCUT2D eigenvalue weighted by molar-refractivity contribution is 0.175. The van der Waals surface area contributed by atoms with Crippen LogP contribution < -0.4 is 0 Å². The smallest absolute Gasteiger partial charge is 0.267 e. The van der Waals surface area contributed by atoms with E-state index >= 15 is 0 Å². The predicted molar refractivity (Wildman–Crippen MR) is 34.6 cm³/mol. The fraction of sp³-hybridized carbons (Fsp3) is 1.00. The molecule has 1 atom stereocenters. The first-order chi connectivity index (χ1) is 5.29. The van der Waals surface area contributed by atoms with Crippen molar-refractivity contribution in [2.75, 3.05) is 12.4 Å². The minimum atomic E-state index is -5.10. The third-order valence-corrected chi connectivity index (χ3v) is 2.85. The largest absolute Gasteiger partial charge is 0.437 e. The van der Waals surface area contributed by atoms with Gasteiger partial charge in [-0.3, -0.25) is 4.18 Å². The van der Waals surface area contributed by atoms with Gasteiger partial charge in [0.05, 0.1) is 6.61 Å². The van der Waals surface area contributed by atoms with E-state index in [1.807, 2.05) is 0 Å². The van der Waals surface area contributed by atoms with Gasteiger partial charge in [-0.1, -0.05) is 3.89 Å². The highest BCUT2D eigenvalue weighted by Gasteiger charge is 2.33. The molecule has 0 bridgehead atoms. The van der Waals surface area contributed by atoms with Crippen LogP contribution in [0, 0.1) is 0 Å². The zero-order valence-corrected chi connectivity index (χ0v) is 7.27. The molecule has 0 spiro atoms. The van der Waals surface area contributed by atoms with Crippen molar-refractivity contribution in [3.05, 3.63) is 0 Å². The Bertz CT molecular complexity index is 354. The van der Waals surface area contributed by atoms with Crippen molar-refractivity contribution >= 4 is 20.6 Å². The van der Waals surface area contributed by atoms with Crippen LogP contribution in [0.5, 0.6) is 0 Å². The lowest BCUT2D eigenvalue weighted by atomic mass is 10.5. The summed E-state index contributed by atoms with van der Waals surface area (Å²) in [5, 5.41) is 0. The van der Waals surface area contributed by atoms with E-state index in [1.165, 1.54) is 0 Å². The van der Waals surface area contributed by atoms with Gasteiger partial charge in [-0.2, -0.15) is 16.8 Å². The molecule has 1 fully saturated rings. The molecule has 0 aliphatic carbocycles. The van der Waals surface area contributed by atoms with Crippen molar-refractivity contribution in [1.29, 1.82) is 0 Å². The van der Waals surface area contributed by atoms with Crippen LogP contribution in [-0.4, -0.2) is 35.3 Å².